The Bertz CT molecular complexity index is 1120. The van der Waals surface area contributed by atoms with Gasteiger partial charge in [-0.3, -0.25) is 14.5 Å². The summed E-state index contributed by atoms with van der Waals surface area (Å²) in [6.07, 6.45) is 0. The highest BCUT2D eigenvalue weighted by Crippen LogP contribution is 2.18. The van der Waals surface area contributed by atoms with Crippen molar-refractivity contribution < 1.29 is 4.79 Å². The number of benzene rings is 2. The Balaban J connectivity index is 1.56. The van der Waals surface area contributed by atoms with Crippen molar-refractivity contribution in [1.29, 1.82) is 0 Å². The van der Waals surface area contributed by atoms with E-state index in [1.165, 1.54) is 4.68 Å². The largest absolute Gasteiger partial charge is 0.321 e. The molecule has 1 amide bonds. The standard InChI is InChI=1S/C23H27N5O2/c1-3-28-23(30)20-10-5-4-9-19(20)21(25-28)22(29)24-18-8-6-7-17(15-18)16-27-13-11-26(2)12-14-27/h4-10,15H,3,11-14,16H2,1-2H3,(H,24,29). The fraction of sp³-hybridized carbons (Fsp3) is 0.348. The minimum Gasteiger partial charge on any atom is -0.321 e. The fourth-order valence-corrected chi connectivity index (χ4v) is 3.82. The van der Waals surface area contributed by atoms with Gasteiger partial charge in [0.25, 0.3) is 11.5 Å². The molecule has 7 heteroatoms. The topological polar surface area (TPSA) is 70.5 Å². The third kappa shape index (κ3) is 4.27. The van der Waals surface area contributed by atoms with E-state index in [-0.39, 0.29) is 17.2 Å². The summed E-state index contributed by atoms with van der Waals surface area (Å²) in [4.78, 5) is 30.3. The third-order valence-corrected chi connectivity index (χ3v) is 5.57. The van der Waals surface area contributed by atoms with Gasteiger partial charge in [0.1, 0.15) is 0 Å². The van der Waals surface area contributed by atoms with Gasteiger partial charge in [-0.05, 0) is 37.7 Å². The Morgan fingerprint density at radius 2 is 1.77 bits per heavy atom. The first-order valence-corrected chi connectivity index (χ1v) is 10.4. The summed E-state index contributed by atoms with van der Waals surface area (Å²) < 4.78 is 1.33. The molecule has 1 aliphatic rings. The van der Waals surface area contributed by atoms with Gasteiger partial charge in [-0.15, -0.1) is 0 Å². The molecule has 1 fully saturated rings. The van der Waals surface area contributed by atoms with Crippen LogP contribution in [0.15, 0.2) is 53.3 Å². The molecule has 0 atom stereocenters. The van der Waals surface area contributed by atoms with Crippen molar-refractivity contribution in [2.24, 2.45) is 0 Å². The number of carbonyl (C=O) groups excluding carboxylic acids is 1. The second-order valence-corrected chi connectivity index (χ2v) is 7.75. The number of likely N-dealkylation sites (N-methyl/N-ethyl adjacent to an activating group) is 1. The molecule has 4 rings (SSSR count). The first-order chi connectivity index (χ1) is 14.5. The lowest BCUT2D eigenvalue weighted by Gasteiger charge is -2.32. The quantitative estimate of drug-likeness (QED) is 0.706. The first kappa shape index (κ1) is 20.3. The van der Waals surface area contributed by atoms with Gasteiger partial charge in [0.15, 0.2) is 5.69 Å². The van der Waals surface area contributed by atoms with Crippen molar-refractivity contribution in [3.05, 3.63) is 70.1 Å². The highest BCUT2D eigenvalue weighted by molar-refractivity contribution is 6.11. The molecule has 0 radical (unpaired) electrons. The molecule has 1 aromatic heterocycles. The number of aryl methyl sites for hydroxylation is 1. The van der Waals surface area contributed by atoms with Crippen LogP contribution in [0.2, 0.25) is 0 Å². The fourth-order valence-electron chi connectivity index (χ4n) is 3.82. The zero-order valence-corrected chi connectivity index (χ0v) is 17.5. The second kappa shape index (κ2) is 8.77. The van der Waals surface area contributed by atoms with E-state index < -0.39 is 0 Å². The number of nitrogens with one attached hydrogen (secondary N) is 1. The second-order valence-electron chi connectivity index (χ2n) is 7.75. The monoisotopic (exact) mass is 405 g/mol. The third-order valence-electron chi connectivity index (χ3n) is 5.57. The van der Waals surface area contributed by atoms with Crippen LogP contribution in [0.5, 0.6) is 0 Å². The molecule has 0 aliphatic carbocycles. The molecule has 0 bridgehead atoms. The van der Waals surface area contributed by atoms with Gasteiger partial charge in [0.2, 0.25) is 0 Å². The van der Waals surface area contributed by atoms with Gasteiger partial charge in [-0.1, -0.05) is 30.3 Å². The smallest absolute Gasteiger partial charge is 0.276 e. The van der Waals surface area contributed by atoms with Crippen molar-refractivity contribution in [1.82, 2.24) is 19.6 Å². The minimum atomic E-state index is -0.315. The van der Waals surface area contributed by atoms with E-state index >= 15 is 0 Å². The highest BCUT2D eigenvalue weighted by Gasteiger charge is 2.17. The van der Waals surface area contributed by atoms with Crippen molar-refractivity contribution in [3.8, 4) is 0 Å². The molecule has 3 aromatic rings. The first-order valence-electron chi connectivity index (χ1n) is 10.4. The number of amides is 1. The molecule has 0 spiro atoms. The normalized spacial score (nSPS) is 15.4. The van der Waals surface area contributed by atoms with Gasteiger partial charge in [0, 0.05) is 50.3 Å². The lowest BCUT2D eigenvalue weighted by atomic mass is 10.1. The Morgan fingerprint density at radius 3 is 2.50 bits per heavy atom. The molecule has 1 saturated heterocycles. The van der Waals surface area contributed by atoms with Gasteiger partial charge < -0.3 is 10.2 Å². The van der Waals surface area contributed by atoms with Gasteiger partial charge in [0.05, 0.1) is 5.39 Å². The Kier molecular flexibility index (Phi) is 5.92. The summed E-state index contributed by atoms with van der Waals surface area (Å²) in [5.41, 5.74) is 1.97. The van der Waals surface area contributed by atoms with Crippen LogP contribution in [0.1, 0.15) is 23.0 Å². The lowest BCUT2D eigenvalue weighted by Crippen LogP contribution is -2.43. The molecule has 1 N–H and O–H groups in total. The molecule has 1 aliphatic heterocycles. The van der Waals surface area contributed by atoms with Crippen LogP contribution >= 0.6 is 0 Å². The number of rotatable bonds is 5. The van der Waals surface area contributed by atoms with Crippen LogP contribution < -0.4 is 10.9 Å². The van der Waals surface area contributed by atoms with E-state index in [9.17, 15) is 9.59 Å². The summed E-state index contributed by atoms with van der Waals surface area (Å²) >= 11 is 0. The van der Waals surface area contributed by atoms with E-state index in [1.54, 1.807) is 18.2 Å². The Morgan fingerprint density at radius 1 is 1.03 bits per heavy atom. The van der Waals surface area contributed by atoms with Crippen molar-refractivity contribution in [3.63, 3.8) is 0 Å². The highest BCUT2D eigenvalue weighted by atomic mass is 16.2. The maximum absolute atomic E-state index is 13.0. The van der Waals surface area contributed by atoms with E-state index in [1.807, 2.05) is 31.2 Å². The van der Waals surface area contributed by atoms with Crippen LogP contribution in [-0.2, 0) is 13.1 Å². The summed E-state index contributed by atoms with van der Waals surface area (Å²) in [5.74, 6) is -0.315. The summed E-state index contributed by atoms with van der Waals surface area (Å²) in [7, 11) is 2.15. The van der Waals surface area contributed by atoms with Crippen LogP contribution in [0, 0.1) is 0 Å². The number of piperazine rings is 1. The molecule has 30 heavy (non-hydrogen) atoms. The van der Waals surface area contributed by atoms with Crippen molar-refractivity contribution in [2.75, 3.05) is 38.5 Å². The number of hydrogen-bond acceptors (Lipinski definition) is 5. The summed E-state index contributed by atoms with van der Waals surface area (Å²) in [6, 6.07) is 15.0. The van der Waals surface area contributed by atoms with Crippen molar-refractivity contribution >= 4 is 22.4 Å². The number of aromatic nitrogens is 2. The zero-order valence-electron chi connectivity index (χ0n) is 17.5. The Hall–Kier alpha value is -3.03. The van der Waals surface area contributed by atoms with Crippen LogP contribution in [0.4, 0.5) is 5.69 Å². The molecule has 2 heterocycles. The van der Waals surface area contributed by atoms with E-state index in [0.717, 1.165) is 44.0 Å². The van der Waals surface area contributed by atoms with Crippen LogP contribution in [0.3, 0.4) is 0 Å². The maximum atomic E-state index is 13.0. The SMILES string of the molecule is CCn1nc(C(=O)Nc2cccc(CN3CCN(C)CC3)c2)c2ccccc2c1=O. The molecule has 0 saturated carbocycles. The number of fused-ring (bicyclic) bond motifs is 1. The molecule has 7 nitrogen and oxygen atoms in total. The summed E-state index contributed by atoms with van der Waals surface area (Å²) in [6.45, 7) is 7.34. The number of nitrogens with zero attached hydrogens (tertiary/aromatic N) is 4. The minimum absolute atomic E-state index is 0.182. The Labute approximate surface area is 175 Å². The number of carbonyl (C=O) groups is 1. The molecular weight excluding hydrogens is 378 g/mol. The van der Waals surface area contributed by atoms with Crippen LogP contribution in [0.25, 0.3) is 10.8 Å². The zero-order chi connectivity index (χ0) is 21.1. The predicted molar refractivity (Wildman–Crippen MR) is 119 cm³/mol. The average molecular weight is 406 g/mol. The van der Waals surface area contributed by atoms with Gasteiger partial charge in [-0.2, -0.15) is 5.10 Å². The average Bonchev–Trinajstić information content (AvgIpc) is 2.76. The molecule has 2 aromatic carbocycles. The number of hydrogen-bond donors (Lipinski definition) is 1. The van der Waals surface area contributed by atoms with Crippen molar-refractivity contribution in [2.45, 2.75) is 20.0 Å². The van der Waals surface area contributed by atoms with Gasteiger partial charge >= 0.3 is 0 Å². The molecule has 0 unspecified atom stereocenters. The number of anilines is 1. The van der Waals surface area contributed by atoms with E-state index in [4.69, 9.17) is 0 Å². The lowest BCUT2D eigenvalue weighted by molar-refractivity contribution is 0.102. The van der Waals surface area contributed by atoms with E-state index in [0.29, 0.717) is 17.3 Å². The van der Waals surface area contributed by atoms with E-state index in [2.05, 4.69) is 33.3 Å². The van der Waals surface area contributed by atoms with Gasteiger partial charge in [-0.25, -0.2) is 4.68 Å². The predicted octanol–water partition coefficient (Wildman–Crippen LogP) is 2.42. The summed E-state index contributed by atoms with van der Waals surface area (Å²) in [5, 5.41) is 8.35. The molecular formula is C23H27N5O2. The molecule has 156 valence electrons. The van der Waals surface area contributed by atoms with Crippen LogP contribution in [-0.4, -0.2) is 58.7 Å². The maximum Gasteiger partial charge on any atom is 0.276 e.